The molecule has 0 aliphatic rings. The molecule has 0 bridgehead atoms. The molecule has 5 aromatic rings. The number of nitrogens with zero attached hydrogens (tertiary/aromatic N) is 5. The van der Waals surface area contributed by atoms with Crippen molar-refractivity contribution < 1.29 is 9.50 Å². The minimum atomic E-state index is -0.581. The van der Waals surface area contributed by atoms with Crippen molar-refractivity contribution in [3.63, 3.8) is 0 Å². The van der Waals surface area contributed by atoms with Crippen molar-refractivity contribution >= 4 is 16.9 Å². The summed E-state index contributed by atoms with van der Waals surface area (Å²) in [5.74, 6) is 0.0363. The van der Waals surface area contributed by atoms with E-state index in [0.29, 0.717) is 11.5 Å². The Morgan fingerprint density at radius 3 is 2.61 bits per heavy atom. The van der Waals surface area contributed by atoms with Gasteiger partial charge in [0.05, 0.1) is 12.2 Å². The Labute approximate surface area is 174 Å². The average Bonchev–Trinajstić information content (AvgIpc) is 3.25. The Bertz CT molecular complexity index is 1610. The molecule has 0 atom stereocenters. The minimum absolute atomic E-state index is 0.0968. The summed E-state index contributed by atoms with van der Waals surface area (Å²) in [6, 6.07) is 12.7. The maximum absolute atomic E-state index is 14.2. The predicted octanol–water partition coefficient (Wildman–Crippen LogP) is 2.34. The van der Waals surface area contributed by atoms with E-state index in [-0.39, 0.29) is 29.0 Å². The first-order chi connectivity index (χ1) is 14.9. The summed E-state index contributed by atoms with van der Waals surface area (Å²) in [4.78, 5) is 30.8. The number of aromatic nitrogens is 5. The van der Waals surface area contributed by atoms with Crippen LogP contribution in [-0.4, -0.2) is 28.2 Å². The second-order valence-electron chi connectivity index (χ2n) is 7.40. The normalized spacial score (nSPS) is 11.6. The molecule has 31 heavy (non-hydrogen) atoms. The summed E-state index contributed by atoms with van der Waals surface area (Å²) < 4.78 is 19.9. The first kappa shape index (κ1) is 18.9. The third-order valence-corrected chi connectivity index (χ3v) is 5.40. The minimum Gasteiger partial charge on any atom is -0.508 e. The highest BCUT2D eigenvalue weighted by atomic mass is 19.1. The summed E-state index contributed by atoms with van der Waals surface area (Å²) in [5.41, 5.74) is 1.00. The lowest BCUT2D eigenvalue weighted by molar-refractivity contribution is 0.475. The van der Waals surface area contributed by atoms with E-state index < -0.39 is 17.1 Å². The molecule has 0 aliphatic heterocycles. The monoisotopic (exact) mass is 419 g/mol. The van der Waals surface area contributed by atoms with Gasteiger partial charge in [-0.1, -0.05) is 24.3 Å². The van der Waals surface area contributed by atoms with E-state index in [1.165, 1.54) is 17.7 Å². The maximum Gasteiger partial charge on any atom is 0.332 e. The van der Waals surface area contributed by atoms with Crippen LogP contribution >= 0.6 is 0 Å². The molecule has 0 amide bonds. The van der Waals surface area contributed by atoms with E-state index in [0.717, 1.165) is 10.3 Å². The predicted molar refractivity (Wildman–Crippen MR) is 113 cm³/mol. The molecule has 3 heterocycles. The fourth-order valence-corrected chi connectivity index (χ4v) is 3.90. The third kappa shape index (κ3) is 2.77. The largest absolute Gasteiger partial charge is 0.508 e. The van der Waals surface area contributed by atoms with Gasteiger partial charge in [0.15, 0.2) is 11.2 Å². The Morgan fingerprint density at radius 1 is 1.10 bits per heavy atom. The van der Waals surface area contributed by atoms with Gasteiger partial charge < -0.3 is 5.11 Å². The third-order valence-electron chi connectivity index (χ3n) is 5.40. The standard InChI is InChI=1S/C22H18FN5O3/c1-13-11-26-18-19(24-21(26)28(13)15-7-5-8-16(29)10-15)25(2)22(31)27(20(18)30)12-14-6-3-4-9-17(14)23/h3-11,29H,12H2,1-2H3. The zero-order valence-corrected chi connectivity index (χ0v) is 16.8. The van der Waals surface area contributed by atoms with Crippen molar-refractivity contribution in [2.75, 3.05) is 0 Å². The number of imidazole rings is 2. The molecule has 9 heteroatoms. The van der Waals surface area contributed by atoms with Crippen molar-refractivity contribution in [3.8, 4) is 11.4 Å². The lowest BCUT2D eigenvalue weighted by Crippen LogP contribution is -2.39. The van der Waals surface area contributed by atoms with Crippen LogP contribution in [0.2, 0.25) is 0 Å². The molecule has 5 rings (SSSR count). The van der Waals surface area contributed by atoms with Gasteiger partial charge in [-0.2, -0.15) is 4.98 Å². The van der Waals surface area contributed by atoms with Gasteiger partial charge in [0.1, 0.15) is 11.6 Å². The Morgan fingerprint density at radius 2 is 1.87 bits per heavy atom. The number of hydrogen-bond donors (Lipinski definition) is 1. The number of benzene rings is 2. The van der Waals surface area contributed by atoms with Crippen LogP contribution in [-0.2, 0) is 13.6 Å². The molecule has 3 aromatic heterocycles. The fourth-order valence-electron chi connectivity index (χ4n) is 3.90. The molecule has 0 radical (unpaired) electrons. The average molecular weight is 419 g/mol. The summed E-state index contributed by atoms with van der Waals surface area (Å²) in [6.45, 7) is 1.66. The van der Waals surface area contributed by atoms with Crippen LogP contribution in [0.15, 0.2) is 64.3 Å². The number of phenolic OH excluding ortho intramolecular Hbond substituents is 1. The second kappa shape index (κ2) is 6.69. The van der Waals surface area contributed by atoms with E-state index in [2.05, 4.69) is 4.98 Å². The van der Waals surface area contributed by atoms with Crippen molar-refractivity contribution in [2.24, 2.45) is 7.05 Å². The molecular weight excluding hydrogens is 401 g/mol. The van der Waals surface area contributed by atoms with Gasteiger partial charge in [-0.15, -0.1) is 0 Å². The van der Waals surface area contributed by atoms with Gasteiger partial charge in [0.25, 0.3) is 5.56 Å². The van der Waals surface area contributed by atoms with Crippen LogP contribution in [0.4, 0.5) is 4.39 Å². The highest BCUT2D eigenvalue weighted by Crippen LogP contribution is 2.23. The fraction of sp³-hybridized carbons (Fsp3) is 0.136. The molecule has 0 saturated heterocycles. The zero-order valence-electron chi connectivity index (χ0n) is 16.8. The van der Waals surface area contributed by atoms with Gasteiger partial charge >= 0.3 is 5.69 Å². The SMILES string of the molecule is Cc1cn2c3c(=O)n(Cc4ccccc4F)c(=O)n(C)c3nc2n1-c1cccc(O)c1. The first-order valence-electron chi connectivity index (χ1n) is 9.59. The number of fused-ring (bicyclic) bond motifs is 3. The highest BCUT2D eigenvalue weighted by Gasteiger charge is 2.21. The van der Waals surface area contributed by atoms with Crippen LogP contribution < -0.4 is 11.2 Å². The zero-order chi connectivity index (χ0) is 21.9. The van der Waals surface area contributed by atoms with Crippen LogP contribution in [0.5, 0.6) is 5.75 Å². The maximum atomic E-state index is 14.2. The van der Waals surface area contributed by atoms with Crippen LogP contribution in [0, 0.1) is 12.7 Å². The quantitative estimate of drug-likeness (QED) is 0.486. The van der Waals surface area contributed by atoms with Crippen molar-refractivity contribution in [1.82, 2.24) is 23.1 Å². The molecule has 8 nitrogen and oxygen atoms in total. The molecule has 156 valence electrons. The molecule has 0 unspecified atom stereocenters. The second-order valence-corrected chi connectivity index (χ2v) is 7.40. The van der Waals surface area contributed by atoms with Crippen molar-refractivity contribution in [3.05, 3.63) is 92.6 Å². The van der Waals surface area contributed by atoms with Gasteiger partial charge in [0, 0.05) is 30.6 Å². The van der Waals surface area contributed by atoms with Crippen LogP contribution in [0.1, 0.15) is 11.3 Å². The lowest BCUT2D eigenvalue weighted by Gasteiger charge is -2.09. The van der Waals surface area contributed by atoms with E-state index in [1.54, 1.807) is 51.6 Å². The topological polar surface area (TPSA) is 86.5 Å². The first-order valence-corrected chi connectivity index (χ1v) is 9.59. The highest BCUT2D eigenvalue weighted by molar-refractivity contribution is 5.76. The lowest BCUT2D eigenvalue weighted by atomic mass is 10.2. The number of aromatic hydroxyl groups is 1. The smallest absolute Gasteiger partial charge is 0.332 e. The molecule has 0 fully saturated rings. The molecule has 1 N–H and O–H groups in total. The molecule has 0 saturated carbocycles. The van der Waals surface area contributed by atoms with E-state index in [1.807, 2.05) is 13.0 Å². The van der Waals surface area contributed by atoms with Gasteiger partial charge in [-0.3, -0.25) is 22.9 Å². The molecular formula is C22H18FN5O3. The molecule has 0 spiro atoms. The summed E-state index contributed by atoms with van der Waals surface area (Å²) >= 11 is 0. The van der Waals surface area contributed by atoms with E-state index >= 15 is 0 Å². The van der Waals surface area contributed by atoms with Crippen LogP contribution in [0.25, 0.3) is 22.6 Å². The van der Waals surface area contributed by atoms with Crippen molar-refractivity contribution in [1.29, 1.82) is 0 Å². The van der Waals surface area contributed by atoms with Crippen LogP contribution in [0.3, 0.4) is 0 Å². The Balaban J connectivity index is 1.81. The van der Waals surface area contributed by atoms with Gasteiger partial charge in [-0.25, -0.2) is 9.18 Å². The Hall–Kier alpha value is -4.14. The van der Waals surface area contributed by atoms with E-state index in [4.69, 9.17) is 0 Å². The Kier molecular flexibility index (Phi) is 4.07. The summed E-state index contributed by atoms with van der Waals surface area (Å²) in [5, 5.41) is 9.87. The number of phenols is 1. The number of hydrogen-bond acceptors (Lipinski definition) is 4. The van der Waals surface area contributed by atoms with Gasteiger partial charge in [-0.05, 0) is 25.1 Å². The number of halogens is 1. The van der Waals surface area contributed by atoms with Crippen molar-refractivity contribution in [2.45, 2.75) is 13.5 Å². The van der Waals surface area contributed by atoms with E-state index in [9.17, 15) is 19.1 Å². The molecule has 0 aliphatic carbocycles. The summed E-state index contributed by atoms with van der Waals surface area (Å²) in [6.07, 6.45) is 1.74. The molecule has 2 aromatic carbocycles. The summed E-state index contributed by atoms with van der Waals surface area (Å²) in [7, 11) is 1.53. The van der Waals surface area contributed by atoms with Gasteiger partial charge in [0.2, 0.25) is 5.78 Å². The number of rotatable bonds is 3. The number of aryl methyl sites for hydroxylation is 2.